The van der Waals surface area contributed by atoms with Gasteiger partial charge in [-0.2, -0.15) is 4.98 Å². The Labute approximate surface area is 126 Å². The first-order chi connectivity index (χ1) is 10.1. The second-order valence-electron chi connectivity index (χ2n) is 4.63. The van der Waals surface area contributed by atoms with Crippen LogP contribution in [0.4, 0.5) is 5.88 Å². The van der Waals surface area contributed by atoms with Crippen LogP contribution in [0, 0.1) is 6.92 Å². The van der Waals surface area contributed by atoms with Crippen LogP contribution in [0.15, 0.2) is 15.1 Å². The number of anilines is 1. The first-order valence-electron chi connectivity index (χ1n) is 6.75. The largest absolute Gasteiger partial charge is 0.338 e. The zero-order valence-electron chi connectivity index (χ0n) is 12.3. The number of hydrogen-bond donors (Lipinski definition) is 1. The molecule has 1 atom stereocenters. The summed E-state index contributed by atoms with van der Waals surface area (Å²) in [6.07, 6.45) is 1.77. The minimum Gasteiger partial charge on any atom is -0.338 e. The summed E-state index contributed by atoms with van der Waals surface area (Å²) >= 11 is 1.42. The van der Waals surface area contributed by atoms with Gasteiger partial charge in [0.1, 0.15) is 0 Å². The first kappa shape index (κ1) is 15.6. The van der Waals surface area contributed by atoms with Gasteiger partial charge in [0, 0.05) is 12.5 Å². The van der Waals surface area contributed by atoms with Crippen molar-refractivity contribution in [2.24, 2.45) is 0 Å². The summed E-state index contributed by atoms with van der Waals surface area (Å²) in [6.45, 7) is 5.66. The van der Waals surface area contributed by atoms with Crippen molar-refractivity contribution < 1.29 is 13.8 Å². The molecule has 0 bridgehead atoms. The van der Waals surface area contributed by atoms with Crippen molar-refractivity contribution in [3.63, 3.8) is 0 Å². The Balaban J connectivity index is 1.80. The lowest BCUT2D eigenvalue weighted by atomic mass is 10.3. The molecule has 0 aliphatic carbocycles. The fourth-order valence-corrected chi connectivity index (χ4v) is 2.31. The molecule has 2 rings (SSSR count). The lowest BCUT2D eigenvalue weighted by Gasteiger charge is -2.08. The van der Waals surface area contributed by atoms with E-state index in [9.17, 15) is 4.79 Å². The van der Waals surface area contributed by atoms with Crippen molar-refractivity contribution in [3.8, 4) is 0 Å². The topological polar surface area (TPSA) is 94.1 Å². The van der Waals surface area contributed by atoms with Crippen molar-refractivity contribution in [2.75, 3.05) is 5.32 Å². The SMILES string of the molecule is CCCc1noc(CS[C@@H](C)C(=O)Nc2cc(C)no2)n1. The molecule has 114 valence electrons. The molecule has 2 heterocycles. The van der Waals surface area contributed by atoms with Gasteiger partial charge in [0.25, 0.3) is 0 Å². The van der Waals surface area contributed by atoms with Gasteiger partial charge in [-0.05, 0) is 20.3 Å². The van der Waals surface area contributed by atoms with Crippen LogP contribution >= 0.6 is 11.8 Å². The van der Waals surface area contributed by atoms with Crippen LogP contribution < -0.4 is 5.32 Å². The van der Waals surface area contributed by atoms with E-state index in [1.165, 1.54) is 11.8 Å². The number of carbonyl (C=O) groups is 1. The molecular weight excluding hydrogens is 292 g/mol. The Hall–Kier alpha value is -1.83. The molecule has 0 saturated heterocycles. The van der Waals surface area contributed by atoms with E-state index in [1.54, 1.807) is 13.0 Å². The monoisotopic (exact) mass is 310 g/mol. The standard InChI is InChI=1S/C13H18N4O3S/c1-4-5-10-14-12(20-17-10)7-21-9(3)13(18)15-11-6-8(2)16-19-11/h6,9H,4-5,7H2,1-3H3,(H,15,18)/t9-/m0/s1. The predicted molar refractivity (Wildman–Crippen MR) is 78.9 cm³/mol. The van der Waals surface area contributed by atoms with E-state index in [0.717, 1.165) is 18.5 Å². The average molecular weight is 310 g/mol. The van der Waals surface area contributed by atoms with E-state index in [2.05, 4.69) is 27.5 Å². The number of aromatic nitrogens is 3. The number of carbonyl (C=O) groups excluding carboxylic acids is 1. The van der Waals surface area contributed by atoms with Crippen LogP contribution in [-0.4, -0.2) is 26.5 Å². The van der Waals surface area contributed by atoms with Gasteiger partial charge in [-0.15, -0.1) is 11.8 Å². The molecule has 0 spiro atoms. The van der Waals surface area contributed by atoms with Gasteiger partial charge < -0.3 is 9.05 Å². The van der Waals surface area contributed by atoms with Gasteiger partial charge in [-0.25, -0.2) is 0 Å². The van der Waals surface area contributed by atoms with Gasteiger partial charge in [-0.3, -0.25) is 10.1 Å². The Bertz CT molecular complexity index is 596. The lowest BCUT2D eigenvalue weighted by molar-refractivity contribution is -0.115. The highest BCUT2D eigenvalue weighted by Crippen LogP contribution is 2.19. The number of aryl methyl sites for hydroxylation is 2. The predicted octanol–water partition coefficient (Wildman–Crippen LogP) is 2.58. The summed E-state index contributed by atoms with van der Waals surface area (Å²) in [4.78, 5) is 16.2. The third kappa shape index (κ3) is 4.59. The summed E-state index contributed by atoms with van der Waals surface area (Å²) in [5.74, 6) is 1.96. The second kappa shape index (κ2) is 7.26. The minimum atomic E-state index is -0.267. The number of nitrogens with one attached hydrogen (secondary N) is 1. The summed E-state index contributed by atoms with van der Waals surface area (Å²) in [5, 5.41) is 9.99. The Morgan fingerprint density at radius 2 is 2.24 bits per heavy atom. The van der Waals surface area contributed by atoms with E-state index < -0.39 is 0 Å². The zero-order valence-corrected chi connectivity index (χ0v) is 13.1. The third-order valence-corrected chi connectivity index (χ3v) is 3.81. The molecule has 1 amide bonds. The molecule has 0 saturated carbocycles. The molecule has 7 nitrogen and oxygen atoms in total. The average Bonchev–Trinajstić information content (AvgIpc) is 3.06. The lowest BCUT2D eigenvalue weighted by Crippen LogP contribution is -2.22. The molecule has 1 N–H and O–H groups in total. The molecule has 21 heavy (non-hydrogen) atoms. The maximum Gasteiger partial charge on any atom is 0.239 e. The number of rotatable bonds is 7. The number of hydrogen-bond acceptors (Lipinski definition) is 7. The highest BCUT2D eigenvalue weighted by atomic mass is 32.2. The van der Waals surface area contributed by atoms with Crippen LogP contribution in [0.2, 0.25) is 0 Å². The smallest absolute Gasteiger partial charge is 0.239 e. The third-order valence-electron chi connectivity index (χ3n) is 2.68. The highest BCUT2D eigenvalue weighted by Gasteiger charge is 2.17. The normalized spacial score (nSPS) is 12.3. The number of nitrogens with zero attached hydrogens (tertiary/aromatic N) is 3. The van der Waals surface area contributed by atoms with Crippen LogP contribution in [0.25, 0.3) is 0 Å². The molecule has 0 aliphatic heterocycles. The first-order valence-corrected chi connectivity index (χ1v) is 7.80. The second-order valence-corrected chi connectivity index (χ2v) is 5.96. The van der Waals surface area contributed by atoms with Gasteiger partial charge in [-0.1, -0.05) is 17.2 Å². The summed E-state index contributed by atoms with van der Waals surface area (Å²) < 4.78 is 10.1. The van der Waals surface area contributed by atoms with Crippen LogP contribution in [0.1, 0.15) is 37.7 Å². The summed E-state index contributed by atoms with van der Waals surface area (Å²) in [6, 6.07) is 1.67. The Morgan fingerprint density at radius 1 is 1.43 bits per heavy atom. The Kier molecular flexibility index (Phi) is 5.38. The highest BCUT2D eigenvalue weighted by molar-refractivity contribution is 7.99. The molecule has 0 aromatic carbocycles. The van der Waals surface area contributed by atoms with Crippen molar-refractivity contribution in [2.45, 2.75) is 44.6 Å². The maximum absolute atomic E-state index is 12.0. The number of thioether (sulfide) groups is 1. The van der Waals surface area contributed by atoms with E-state index >= 15 is 0 Å². The quantitative estimate of drug-likeness (QED) is 0.839. The van der Waals surface area contributed by atoms with E-state index in [0.29, 0.717) is 23.4 Å². The molecule has 0 radical (unpaired) electrons. The van der Waals surface area contributed by atoms with Gasteiger partial charge >= 0.3 is 0 Å². The van der Waals surface area contributed by atoms with Gasteiger partial charge in [0.2, 0.25) is 17.7 Å². The molecule has 0 aliphatic rings. The van der Waals surface area contributed by atoms with Crippen molar-refractivity contribution >= 4 is 23.6 Å². The number of amides is 1. The van der Waals surface area contributed by atoms with Crippen LogP contribution in [0.3, 0.4) is 0 Å². The molecule has 0 fully saturated rings. The van der Waals surface area contributed by atoms with Crippen molar-refractivity contribution in [1.82, 2.24) is 15.3 Å². The molecule has 8 heteroatoms. The Morgan fingerprint density at radius 3 is 2.90 bits per heavy atom. The molecule has 0 unspecified atom stereocenters. The fraction of sp³-hybridized carbons (Fsp3) is 0.538. The van der Waals surface area contributed by atoms with Crippen LogP contribution in [-0.2, 0) is 17.0 Å². The van der Waals surface area contributed by atoms with Crippen molar-refractivity contribution in [3.05, 3.63) is 23.5 Å². The van der Waals surface area contributed by atoms with Crippen LogP contribution in [0.5, 0.6) is 0 Å². The van der Waals surface area contributed by atoms with E-state index in [-0.39, 0.29) is 11.2 Å². The zero-order chi connectivity index (χ0) is 15.2. The summed E-state index contributed by atoms with van der Waals surface area (Å²) in [5.41, 5.74) is 0.722. The summed E-state index contributed by atoms with van der Waals surface area (Å²) in [7, 11) is 0. The fourth-order valence-electron chi connectivity index (χ4n) is 1.59. The maximum atomic E-state index is 12.0. The van der Waals surface area contributed by atoms with Gasteiger partial charge in [0.15, 0.2) is 5.82 Å². The molecule has 2 aromatic rings. The molecular formula is C13H18N4O3S. The molecule has 2 aromatic heterocycles. The minimum absolute atomic E-state index is 0.149. The van der Waals surface area contributed by atoms with Crippen molar-refractivity contribution in [1.29, 1.82) is 0 Å². The van der Waals surface area contributed by atoms with E-state index in [1.807, 2.05) is 6.92 Å². The van der Waals surface area contributed by atoms with Gasteiger partial charge in [0.05, 0.1) is 16.7 Å². The van der Waals surface area contributed by atoms with E-state index in [4.69, 9.17) is 9.05 Å².